The summed E-state index contributed by atoms with van der Waals surface area (Å²) in [6.45, 7) is 5.99. The quantitative estimate of drug-likeness (QED) is 0.0389. The average molecular weight is 1150 g/mol. The Kier molecular flexibility index (Phi) is 23.7. The first-order valence-corrected chi connectivity index (χ1v) is 33.4. The molecule has 2 aromatic carbocycles. The first-order valence-electron chi connectivity index (χ1n) is 33.4. The van der Waals surface area contributed by atoms with Gasteiger partial charge in [-0.05, 0) is 89.0 Å². The number of aliphatic hydroxyl groups excluding tert-OH is 2. The van der Waals surface area contributed by atoms with Gasteiger partial charge in [-0.25, -0.2) is 0 Å². The van der Waals surface area contributed by atoms with Crippen molar-refractivity contribution in [2.75, 3.05) is 27.2 Å². The van der Waals surface area contributed by atoms with Gasteiger partial charge in [0.15, 0.2) is 12.2 Å². The number of ether oxygens (including phenoxy) is 4. The van der Waals surface area contributed by atoms with Gasteiger partial charge in [0, 0.05) is 60.0 Å². The molecule has 2 aromatic rings. The Morgan fingerprint density at radius 1 is 0.506 bits per heavy atom. The predicted octanol–water partition coefficient (Wildman–Crippen LogP) is 14.4. The van der Waals surface area contributed by atoms with Crippen molar-refractivity contribution in [3.63, 3.8) is 0 Å². The van der Waals surface area contributed by atoms with E-state index >= 15 is 0 Å². The number of aliphatic hydroxyl groups is 4. The summed E-state index contributed by atoms with van der Waals surface area (Å²) in [7, 11) is 4.17. The van der Waals surface area contributed by atoms with Crippen LogP contribution in [-0.2, 0) is 55.9 Å². The van der Waals surface area contributed by atoms with Crippen LogP contribution in [0.1, 0.15) is 273 Å². The van der Waals surface area contributed by atoms with E-state index in [1.165, 1.54) is 165 Å². The maximum atomic E-state index is 13.0. The summed E-state index contributed by atoms with van der Waals surface area (Å²) in [5, 5.41) is 44.7. The molecule has 2 fully saturated rings. The lowest BCUT2D eigenvalue weighted by Gasteiger charge is -2.61. The molecule has 0 unspecified atom stereocenters. The van der Waals surface area contributed by atoms with Gasteiger partial charge in [-0.2, -0.15) is 0 Å². The van der Waals surface area contributed by atoms with Gasteiger partial charge in [-0.1, -0.05) is 212 Å². The van der Waals surface area contributed by atoms with Gasteiger partial charge in [0.25, 0.3) is 0 Å². The van der Waals surface area contributed by atoms with Crippen molar-refractivity contribution in [1.29, 1.82) is 0 Å². The second-order valence-corrected chi connectivity index (χ2v) is 26.4. The van der Waals surface area contributed by atoms with Crippen molar-refractivity contribution in [2.24, 2.45) is 0 Å². The van der Waals surface area contributed by atoms with Crippen molar-refractivity contribution in [3.8, 4) is 11.5 Å². The molecule has 10 rings (SSSR count). The Bertz CT molecular complexity index is 2510. The van der Waals surface area contributed by atoms with Crippen LogP contribution < -0.4 is 9.47 Å². The molecular formula is C71H110N2O10. The Labute approximate surface area is 500 Å². The molecule has 4 bridgehead atoms. The van der Waals surface area contributed by atoms with Crippen LogP contribution in [0, 0.1) is 0 Å². The molecule has 12 nitrogen and oxygen atoms in total. The van der Waals surface area contributed by atoms with E-state index in [1.54, 1.807) is 0 Å². The third-order valence-corrected chi connectivity index (χ3v) is 21.2. The molecule has 0 aromatic heterocycles. The molecule has 2 saturated heterocycles. The lowest BCUT2D eigenvalue weighted by Crippen LogP contribution is -2.74. The zero-order valence-corrected chi connectivity index (χ0v) is 51.2. The van der Waals surface area contributed by atoms with Crippen molar-refractivity contribution < 1.29 is 49.0 Å². The first kappa shape index (κ1) is 65.2. The number of hydrogen-bond acceptors (Lipinski definition) is 12. The van der Waals surface area contributed by atoms with Crippen LogP contribution in [0.3, 0.4) is 0 Å². The van der Waals surface area contributed by atoms with E-state index in [4.69, 9.17) is 18.9 Å². The molecule has 2 spiro atoms. The number of hydrogen-bond donors (Lipinski definition) is 4. The van der Waals surface area contributed by atoms with E-state index in [0.29, 0.717) is 48.7 Å². The summed E-state index contributed by atoms with van der Waals surface area (Å²) in [5.41, 5.74) is 2.59. The fraction of sp³-hybridized carbons (Fsp3) is 0.746. The van der Waals surface area contributed by atoms with Crippen LogP contribution >= 0.6 is 0 Å². The number of piperidine rings is 2. The molecule has 4 aliphatic carbocycles. The minimum atomic E-state index is -0.999. The van der Waals surface area contributed by atoms with Gasteiger partial charge in [0.05, 0.1) is 35.2 Å². The van der Waals surface area contributed by atoms with Gasteiger partial charge in [-0.15, -0.1) is 0 Å². The Hall–Kier alpha value is -3.78. The van der Waals surface area contributed by atoms with Crippen LogP contribution in [0.15, 0.2) is 47.9 Å². The highest BCUT2D eigenvalue weighted by atomic mass is 16.6. The smallest absolute Gasteiger partial charge is 0.310 e. The number of carbonyl (C=O) groups excluding carboxylic acids is 2. The van der Waals surface area contributed by atoms with Gasteiger partial charge in [0.2, 0.25) is 0 Å². The highest BCUT2D eigenvalue weighted by Gasteiger charge is 2.73. The molecule has 0 saturated carbocycles. The molecule has 0 radical (unpaired) electrons. The van der Waals surface area contributed by atoms with Crippen LogP contribution in [0.4, 0.5) is 0 Å². The SMILES string of the molecule is C.CCCCCCCCCCCCCCCC(=O)OC1=CC[C@@]2(O)[C@H]3Cc4ccc(CO)c5c4[C@@]2(CCN3C)[C@H]1O5.CCCCCCCCCCCCCCCCCC(=O)OC1=CC[C@@]2(O)[C@H]3Cc4ccc(CO)c5c4[C@@]2(CCN3C)[C@H]1O5. The second kappa shape index (κ2) is 30.2. The number of likely N-dealkylation sites (tertiary alicyclic amines) is 2. The van der Waals surface area contributed by atoms with E-state index in [2.05, 4.69) is 49.9 Å². The van der Waals surface area contributed by atoms with Crippen molar-refractivity contribution >= 4 is 11.9 Å². The summed E-state index contributed by atoms with van der Waals surface area (Å²) in [5.74, 6) is 2.04. The van der Waals surface area contributed by atoms with Gasteiger partial charge in [-0.3, -0.25) is 9.59 Å². The van der Waals surface area contributed by atoms with Gasteiger partial charge in [0.1, 0.15) is 23.0 Å². The molecule has 464 valence electrons. The summed E-state index contributed by atoms with van der Waals surface area (Å²) >= 11 is 0. The van der Waals surface area contributed by atoms with E-state index in [0.717, 1.165) is 86.7 Å². The maximum Gasteiger partial charge on any atom is 0.310 e. The topological polar surface area (TPSA) is 158 Å². The Balaban J connectivity index is 0.000000215. The normalized spacial score (nSPS) is 27.4. The van der Waals surface area contributed by atoms with E-state index in [9.17, 15) is 30.0 Å². The number of likely N-dealkylation sites (N-methyl/N-ethyl adjacent to an activating group) is 2. The summed E-state index contributed by atoms with van der Waals surface area (Å²) < 4.78 is 25.1. The minimum absolute atomic E-state index is 0. The van der Waals surface area contributed by atoms with Gasteiger partial charge >= 0.3 is 11.9 Å². The van der Waals surface area contributed by atoms with Crippen molar-refractivity contribution in [2.45, 2.75) is 312 Å². The zero-order valence-electron chi connectivity index (χ0n) is 51.2. The number of unbranched alkanes of at least 4 members (excludes halogenated alkanes) is 26. The highest BCUT2D eigenvalue weighted by Crippen LogP contribution is 2.66. The number of nitrogens with zero attached hydrogens (tertiary/aromatic N) is 2. The third-order valence-electron chi connectivity index (χ3n) is 21.2. The van der Waals surface area contributed by atoms with E-state index < -0.39 is 34.2 Å². The molecular weight excluding hydrogens is 1040 g/mol. The number of carbonyl (C=O) groups is 2. The lowest BCUT2D eigenvalue weighted by atomic mass is 9.50. The Morgan fingerprint density at radius 2 is 0.819 bits per heavy atom. The lowest BCUT2D eigenvalue weighted by molar-refractivity contribution is -0.169. The Morgan fingerprint density at radius 3 is 1.13 bits per heavy atom. The number of benzene rings is 2. The predicted molar refractivity (Wildman–Crippen MR) is 330 cm³/mol. The molecule has 4 aliphatic heterocycles. The van der Waals surface area contributed by atoms with Crippen molar-refractivity contribution in [3.05, 3.63) is 81.3 Å². The van der Waals surface area contributed by atoms with Crippen LogP contribution in [-0.4, -0.2) is 105 Å². The summed E-state index contributed by atoms with van der Waals surface area (Å²) in [4.78, 5) is 30.4. The monoisotopic (exact) mass is 1150 g/mol. The molecule has 8 atom stereocenters. The first-order chi connectivity index (χ1) is 39.9. The molecule has 8 aliphatic rings. The standard InChI is InChI=1S/C36H55NO5.C34H51NO5.CH4/c1-3-4-5-6-7-8-9-10-11-12-13-14-15-16-17-18-31(39)41-29-21-22-36(40)30-25-27-19-20-28(26-38)33-32(27)35(36,34(29)42-33)23-24-37(30)2;1-3-4-5-6-7-8-9-10-11-12-13-14-15-16-29(37)39-27-19-20-34(38)28-23-25-17-18-26(24-36)31-30(25)33(34,32(27)40-31)21-22-35(28)2;/h19-21,30,34,38,40H,3-18,22-26H2,1-2H3;17-19,28,32,36,38H,3-16,20-24H2,1-2H3;1H4/t30-,34+,35+,36-;28-,32+,33+,34-;/m11./s1. The third kappa shape index (κ3) is 13.4. The highest BCUT2D eigenvalue weighted by molar-refractivity contribution is 5.72. The largest absolute Gasteiger partial charge is 0.481 e. The molecule has 0 amide bonds. The fourth-order valence-electron chi connectivity index (χ4n) is 16.6. The zero-order chi connectivity index (χ0) is 57.7. The minimum Gasteiger partial charge on any atom is -0.481 e. The van der Waals surface area contributed by atoms with Crippen molar-refractivity contribution in [1.82, 2.24) is 9.80 Å². The molecule has 4 N–H and O–H groups in total. The number of esters is 2. The molecule has 4 heterocycles. The number of rotatable bonds is 34. The van der Waals surface area contributed by atoms with E-state index in [1.807, 2.05) is 24.3 Å². The van der Waals surface area contributed by atoms with E-state index in [-0.39, 0.29) is 44.7 Å². The summed E-state index contributed by atoms with van der Waals surface area (Å²) in [6, 6.07) is 8.00. The van der Waals surface area contributed by atoms with Crippen LogP contribution in [0.2, 0.25) is 0 Å². The fourth-order valence-corrected chi connectivity index (χ4v) is 16.6. The van der Waals surface area contributed by atoms with Crippen LogP contribution in [0.5, 0.6) is 11.5 Å². The second-order valence-electron chi connectivity index (χ2n) is 26.4. The van der Waals surface area contributed by atoms with Crippen LogP contribution in [0.25, 0.3) is 0 Å². The average Bonchev–Trinajstić information content (AvgIpc) is 1.71. The molecule has 83 heavy (non-hydrogen) atoms. The maximum absolute atomic E-state index is 13.0. The van der Waals surface area contributed by atoms with Gasteiger partial charge < -0.3 is 49.2 Å². The molecule has 12 heteroatoms. The summed E-state index contributed by atoms with van der Waals surface area (Å²) in [6.07, 6.45) is 43.3.